The molecule has 6 nitrogen and oxygen atoms in total. The number of hydrogen-bond acceptors (Lipinski definition) is 6. The van der Waals surface area contributed by atoms with E-state index < -0.39 is 23.5 Å². The van der Waals surface area contributed by atoms with Crippen molar-refractivity contribution < 1.29 is 19.4 Å². The molecule has 1 aromatic heterocycles. The molecule has 0 spiro atoms. The number of Topliss-reactive ketones (excluding diaryl/α,β-unsaturated/α-hetero) is 1. The molecule has 4 rings (SSSR count). The molecule has 0 bridgehead atoms. The van der Waals surface area contributed by atoms with Crippen LogP contribution in [-0.2, 0) is 4.79 Å². The van der Waals surface area contributed by atoms with Crippen LogP contribution in [-0.4, -0.2) is 28.9 Å². The molecular formula is C24H22N2O4S. The number of carbonyl (C=O) groups is 2. The third-order valence-electron chi connectivity index (χ3n) is 5.25. The quantitative estimate of drug-likeness (QED) is 0.580. The lowest BCUT2D eigenvalue weighted by Gasteiger charge is -2.27. The highest BCUT2D eigenvalue weighted by Gasteiger charge is 2.45. The fourth-order valence-electron chi connectivity index (χ4n) is 3.87. The maximum absolute atomic E-state index is 13.6. The van der Waals surface area contributed by atoms with Crippen LogP contribution in [0.15, 0.2) is 59.9 Å². The topological polar surface area (TPSA) is 79.7 Å². The number of ketones is 1. The van der Waals surface area contributed by atoms with Crippen molar-refractivity contribution in [1.82, 2.24) is 4.98 Å². The first kappa shape index (κ1) is 20.8. The normalized spacial score (nSPS) is 16.2. The summed E-state index contributed by atoms with van der Waals surface area (Å²) in [5.41, 5.74) is 2.86. The lowest BCUT2D eigenvalue weighted by Crippen LogP contribution is -2.31. The van der Waals surface area contributed by atoms with E-state index in [0.717, 1.165) is 10.6 Å². The predicted molar refractivity (Wildman–Crippen MR) is 120 cm³/mol. The van der Waals surface area contributed by atoms with Crippen LogP contribution in [0.4, 0.5) is 5.69 Å². The van der Waals surface area contributed by atoms with Gasteiger partial charge in [-0.25, -0.2) is 4.98 Å². The van der Waals surface area contributed by atoms with Crippen LogP contribution >= 0.6 is 11.3 Å². The van der Waals surface area contributed by atoms with Crippen LogP contribution in [0.5, 0.6) is 5.75 Å². The van der Waals surface area contributed by atoms with Gasteiger partial charge in [0.1, 0.15) is 5.75 Å². The van der Waals surface area contributed by atoms with Crippen molar-refractivity contribution in [2.45, 2.75) is 26.8 Å². The van der Waals surface area contributed by atoms with Gasteiger partial charge >= 0.3 is 0 Å². The van der Waals surface area contributed by atoms with Gasteiger partial charge in [0.15, 0.2) is 5.76 Å². The van der Waals surface area contributed by atoms with E-state index in [2.05, 4.69) is 4.98 Å². The number of aliphatic hydroxyl groups excluding tert-OH is 1. The summed E-state index contributed by atoms with van der Waals surface area (Å²) in [5, 5.41) is 11.6. The summed E-state index contributed by atoms with van der Waals surface area (Å²) >= 11 is 1.26. The Kier molecular flexibility index (Phi) is 5.37. The van der Waals surface area contributed by atoms with Gasteiger partial charge in [0.2, 0.25) is 5.78 Å². The SMILES string of the molecule is COc1cccc(C2C(C(=O)c3sc(C)nc3C)=C(O)C(=O)N2c2cccc(C)c2)c1. The maximum Gasteiger partial charge on any atom is 0.294 e. The minimum atomic E-state index is -0.793. The van der Waals surface area contributed by atoms with Gasteiger partial charge in [0.25, 0.3) is 5.91 Å². The Morgan fingerprint density at radius 1 is 1.13 bits per heavy atom. The first-order chi connectivity index (χ1) is 14.8. The number of rotatable bonds is 5. The minimum absolute atomic E-state index is 0.0477. The number of methoxy groups -OCH3 is 1. The summed E-state index contributed by atoms with van der Waals surface area (Å²) in [4.78, 5) is 33.0. The second kappa shape index (κ2) is 8.00. The predicted octanol–water partition coefficient (Wildman–Crippen LogP) is 4.86. The Labute approximate surface area is 184 Å². The molecule has 1 aliphatic heterocycles. The van der Waals surface area contributed by atoms with E-state index in [0.29, 0.717) is 27.6 Å². The Bertz CT molecular complexity index is 1230. The number of amides is 1. The van der Waals surface area contributed by atoms with Crippen LogP contribution in [0.2, 0.25) is 0 Å². The molecule has 1 aliphatic rings. The van der Waals surface area contributed by atoms with Crippen molar-refractivity contribution in [2.24, 2.45) is 0 Å². The highest BCUT2D eigenvalue weighted by molar-refractivity contribution is 7.14. The molecule has 7 heteroatoms. The Morgan fingerprint density at radius 3 is 2.52 bits per heavy atom. The molecule has 1 N–H and O–H groups in total. The molecule has 0 radical (unpaired) electrons. The third-order valence-corrected chi connectivity index (χ3v) is 6.32. The smallest absolute Gasteiger partial charge is 0.294 e. The zero-order valence-electron chi connectivity index (χ0n) is 17.7. The first-order valence-corrected chi connectivity index (χ1v) is 10.6. The summed E-state index contributed by atoms with van der Waals surface area (Å²) in [6, 6.07) is 13.8. The zero-order chi connectivity index (χ0) is 22.3. The average Bonchev–Trinajstić information content (AvgIpc) is 3.23. The second-order valence-electron chi connectivity index (χ2n) is 7.43. The average molecular weight is 435 g/mol. The van der Waals surface area contributed by atoms with Gasteiger partial charge in [-0.05, 0) is 56.2 Å². The first-order valence-electron chi connectivity index (χ1n) is 9.78. The number of nitrogens with zero attached hydrogens (tertiary/aromatic N) is 2. The van der Waals surface area contributed by atoms with Crippen molar-refractivity contribution in [2.75, 3.05) is 12.0 Å². The van der Waals surface area contributed by atoms with Gasteiger partial charge in [-0.15, -0.1) is 11.3 Å². The standard InChI is InChI=1S/C24H22N2O4S/c1-13-7-5-9-17(11-13)26-20(16-8-6-10-18(12-16)30-4)19(22(28)24(26)29)21(27)23-14(2)25-15(3)31-23/h5-12,20,28H,1-4H3. The third kappa shape index (κ3) is 3.61. The van der Waals surface area contributed by atoms with E-state index >= 15 is 0 Å². The van der Waals surface area contributed by atoms with E-state index in [1.165, 1.54) is 16.2 Å². The summed E-state index contributed by atoms with van der Waals surface area (Å²) in [6.45, 7) is 5.50. The van der Waals surface area contributed by atoms with Crippen molar-refractivity contribution in [3.8, 4) is 5.75 Å². The van der Waals surface area contributed by atoms with Gasteiger partial charge in [0.05, 0.1) is 34.3 Å². The second-order valence-corrected chi connectivity index (χ2v) is 8.64. The lowest BCUT2D eigenvalue weighted by molar-refractivity contribution is -0.117. The molecule has 2 aromatic carbocycles. The van der Waals surface area contributed by atoms with E-state index in [9.17, 15) is 14.7 Å². The summed E-state index contributed by atoms with van der Waals surface area (Å²) in [5.74, 6) is -0.945. The van der Waals surface area contributed by atoms with Crippen LogP contribution in [0.3, 0.4) is 0 Å². The van der Waals surface area contributed by atoms with E-state index in [-0.39, 0.29) is 5.57 Å². The van der Waals surface area contributed by atoms with E-state index in [1.807, 2.05) is 38.1 Å². The number of aliphatic hydroxyl groups is 1. The van der Waals surface area contributed by atoms with Crippen LogP contribution in [0, 0.1) is 20.8 Å². The molecule has 1 atom stereocenters. The number of anilines is 1. The Balaban J connectivity index is 1.92. The molecule has 0 fully saturated rings. The van der Waals surface area contributed by atoms with Crippen molar-refractivity contribution in [1.29, 1.82) is 0 Å². The minimum Gasteiger partial charge on any atom is -0.503 e. The van der Waals surface area contributed by atoms with Gasteiger partial charge in [-0.1, -0.05) is 24.3 Å². The number of aromatic nitrogens is 1. The molecule has 158 valence electrons. The Morgan fingerprint density at radius 2 is 1.87 bits per heavy atom. The zero-order valence-corrected chi connectivity index (χ0v) is 18.5. The van der Waals surface area contributed by atoms with Crippen LogP contribution in [0.25, 0.3) is 0 Å². The number of thiazole rings is 1. The molecule has 31 heavy (non-hydrogen) atoms. The van der Waals surface area contributed by atoms with Crippen LogP contribution in [0.1, 0.15) is 37.5 Å². The maximum atomic E-state index is 13.6. The number of benzene rings is 2. The van der Waals surface area contributed by atoms with Gasteiger partial charge in [-0.2, -0.15) is 0 Å². The molecule has 1 amide bonds. The van der Waals surface area contributed by atoms with E-state index in [1.54, 1.807) is 38.3 Å². The molecular weight excluding hydrogens is 412 g/mol. The summed E-state index contributed by atoms with van der Waals surface area (Å²) in [7, 11) is 1.56. The Hall–Kier alpha value is -3.45. The van der Waals surface area contributed by atoms with Crippen molar-refractivity contribution in [3.05, 3.63) is 86.6 Å². The molecule has 2 heterocycles. The van der Waals surface area contributed by atoms with E-state index in [4.69, 9.17) is 4.74 Å². The molecule has 3 aromatic rings. The molecule has 1 unspecified atom stereocenters. The number of ether oxygens (including phenoxy) is 1. The number of carbonyl (C=O) groups excluding carboxylic acids is 2. The summed E-state index contributed by atoms with van der Waals surface area (Å²) < 4.78 is 5.36. The molecule has 0 aliphatic carbocycles. The highest BCUT2D eigenvalue weighted by Crippen LogP contribution is 2.43. The number of aryl methyl sites for hydroxylation is 3. The fraction of sp³-hybridized carbons (Fsp3) is 0.208. The number of hydrogen-bond donors (Lipinski definition) is 1. The monoisotopic (exact) mass is 434 g/mol. The van der Waals surface area contributed by atoms with Crippen molar-refractivity contribution in [3.63, 3.8) is 0 Å². The van der Waals surface area contributed by atoms with Gasteiger partial charge in [0, 0.05) is 5.69 Å². The molecule has 0 saturated heterocycles. The lowest BCUT2D eigenvalue weighted by atomic mass is 9.94. The van der Waals surface area contributed by atoms with Crippen LogP contribution < -0.4 is 9.64 Å². The van der Waals surface area contributed by atoms with Gasteiger partial charge < -0.3 is 9.84 Å². The van der Waals surface area contributed by atoms with Crippen molar-refractivity contribution >= 4 is 28.7 Å². The van der Waals surface area contributed by atoms with Gasteiger partial charge in [-0.3, -0.25) is 14.5 Å². The largest absolute Gasteiger partial charge is 0.503 e. The molecule has 0 saturated carbocycles. The highest BCUT2D eigenvalue weighted by atomic mass is 32.1. The summed E-state index contributed by atoms with van der Waals surface area (Å²) in [6.07, 6.45) is 0. The fourth-order valence-corrected chi connectivity index (χ4v) is 4.75.